The second-order valence-corrected chi connectivity index (χ2v) is 3.23. The van der Waals surface area contributed by atoms with E-state index in [0.29, 0.717) is 17.5 Å². The number of carboxylic acid groups (broad SMARTS) is 1. The van der Waals surface area contributed by atoms with Gasteiger partial charge in [0.1, 0.15) is 11.4 Å². The zero-order chi connectivity index (χ0) is 10.6. The minimum atomic E-state index is -1.02. The van der Waals surface area contributed by atoms with Crippen LogP contribution < -0.4 is 5.32 Å². The first-order valence-electron chi connectivity index (χ1n) is 4.07. The fraction of sp³-hybridized carbons (Fsp3) is 0.375. The smallest absolute Gasteiger partial charge is 0.341 e. The van der Waals surface area contributed by atoms with Crippen LogP contribution in [0.3, 0.4) is 0 Å². The Balaban J connectivity index is 0.00000196. The highest BCUT2D eigenvalue weighted by molar-refractivity contribution is 7.98. The van der Waals surface area contributed by atoms with E-state index in [0.717, 1.165) is 0 Å². The van der Waals surface area contributed by atoms with Crippen LogP contribution in [0.5, 0.6) is 0 Å². The van der Waals surface area contributed by atoms with Crippen molar-refractivity contribution < 1.29 is 14.6 Å². The van der Waals surface area contributed by atoms with Gasteiger partial charge in [0, 0.05) is 12.7 Å². The highest BCUT2D eigenvalue weighted by atomic mass is 32.2. The van der Waals surface area contributed by atoms with E-state index in [1.807, 2.05) is 13.2 Å². The predicted molar refractivity (Wildman–Crippen MR) is 57.4 cm³/mol. The SMILES string of the molecule is CCNc1nc(SC)ncc1C(=O)O.F. The van der Waals surface area contributed by atoms with Gasteiger partial charge >= 0.3 is 5.97 Å². The molecule has 84 valence electrons. The molecule has 0 fully saturated rings. The third kappa shape index (κ3) is 3.35. The molecule has 0 saturated heterocycles. The van der Waals surface area contributed by atoms with E-state index in [-0.39, 0.29) is 10.3 Å². The lowest BCUT2D eigenvalue weighted by molar-refractivity contribution is 0.0697. The molecular weight excluding hydrogens is 221 g/mol. The van der Waals surface area contributed by atoms with Gasteiger partial charge in [-0.25, -0.2) is 14.8 Å². The second kappa shape index (κ2) is 6.18. The molecular formula is C8H12FN3O2S. The molecule has 0 bridgehead atoms. The third-order valence-corrected chi connectivity index (χ3v) is 2.09. The van der Waals surface area contributed by atoms with Crippen molar-refractivity contribution in [3.05, 3.63) is 11.8 Å². The summed E-state index contributed by atoms with van der Waals surface area (Å²) >= 11 is 1.37. The van der Waals surface area contributed by atoms with E-state index in [1.54, 1.807) is 0 Å². The van der Waals surface area contributed by atoms with Gasteiger partial charge in [-0.2, -0.15) is 0 Å². The molecule has 0 aromatic carbocycles. The lowest BCUT2D eigenvalue weighted by Gasteiger charge is -2.06. The maximum Gasteiger partial charge on any atom is 0.341 e. The molecule has 2 N–H and O–H groups in total. The molecule has 0 aliphatic carbocycles. The molecule has 0 amide bonds. The average molecular weight is 233 g/mol. The van der Waals surface area contributed by atoms with Crippen LogP contribution in [0.4, 0.5) is 10.5 Å². The van der Waals surface area contributed by atoms with Gasteiger partial charge in [-0.1, -0.05) is 11.8 Å². The maximum absolute atomic E-state index is 10.8. The number of nitrogens with zero attached hydrogens (tertiary/aromatic N) is 2. The van der Waals surface area contributed by atoms with Gasteiger partial charge in [-0.15, -0.1) is 0 Å². The topological polar surface area (TPSA) is 75.1 Å². The molecule has 1 aromatic heterocycles. The van der Waals surface area contributed by atoms with Gasteiger partial charge in [0.2, 0.25) is 0 Å². The summed E-state index contributed by atoms with van der Waals surface area (Å²) in [5.41, 5.74) is 0.102. The number of halogens is 1. The number of aromatic nitrogens is 2. The van der Waals surface area contributed by atoms with Gasteiger partial charge in [-0.3, -0.25) is 4.70 Å². The Labute approximate surface area is 90.7 Å². The summed E-state index contributed by atoms with van der Waals surface area (Å²) in [5.74, 6) is -0.645. The van der Waals surface area contributed by atoms with Crippen molar-refractivity contribution in [2.24, 2.45) is 0 Å². The first-order valence-corrected chi connectivity index (χ1v) is 5.29. The zero-order valence-corrected chi connectivity index (χ0v) is 9.17. The first kappa shape index (κ1) is 13.6. The fourth-order valence-electron chi connectivity index (χ4n) is 0.923. The molecule has 5 nitrogen and oxygen atoms in total. The van der Waals surface area contributed by atoms with Gasteiger partial charge in [0.05, 0.1) is 0 Å². The van der Waals surface area contributed by atoms with Crippen molar-refractivity contribution >= 4 is 23.5 Å². The molecule has 1 rings (SSSR count). The van der Waals surface area contributed by atoms with Gasteiger partial charge in [-0.05, 0) is 13.2 Å². The third-order valence-electron chi connectivity index (χ3n) is 1.52. The molecule has 0 atom stereocenters. The fourth-order valence-corrected chi connectivity index (χ4v) is 1.26. The van der Waals surface area contributed by atoms with Crippen LogP contribution in [0.1, 0.15) is 17.3 Å². The van der Waals surface area contributed by atoms with Crippen molar-refractivity contribution in [1.29, 1.82) is 0 Å². The second-order valence-electron chi connectivity index (χ2n) is 2.45. The summed E-state index contributed by atoms with van der Waals surface area (Å²) in [4.78, 5) is 18.7. The lowest BCUT2D eigenvalue weighted by Crippen LogP contribution is -2.09. The van der Waals surface area contributed by atoms with Crippen molar-refractivity contribution in [2.45, 2.75) is 12.1 Å². The molecule has 0 aliphatic heterocycles. The molecule has 1 aromatic rings. The van der Waals surface area contributed by atoms with E-state index in [9.17, 15) is 4.79 Å². The van der Waals surface area contributed by atoms with Crippen LogP contribution in [0.2, 0.25) is 0 Å². The van der Waals surface area contributed by atoms with E-state index >= 15 is 0 Å². The molecule has 1 heterocycles. The Hall–Kier alpha value is -1.37. The lowest BCUT2D eigenvalue weighted by atomic mass is 10.3. The Kier molecular flexibility index (Phi) is 5.61. The highest BCUT2D eigenvalue weighted by Gasteiger charge is 2.12. The van der Waals surface area contributed by atoms with Gasteiger partial charge in [0.15, 0.2) is 5.16 Å². The highest BCUT2D eigenvalue weighted by Crippen LogP contribution is 2.16. The molecule has 0 aliphatic rings. The number of carboxylic acids is 1. The predicted octanol–water partition coefficient (Wildman–Crippen LogP) is 1.48. The summed E-state index contributed by atoms with van der Waals surface area (Å²) in [6, 6.07) is 0. The van der Waals surface area contributed by atoms with Crippen LogP contribution >= 0.6 is 11.8 Å². The summed E-state index contributed by atoms with van der Waals surface area (Å²) in [6.45, 7) is 2.51. The Morgan fingerprint density at radius 1 is 1.67 bits per heavy atom. The van der Waals surface area contributed by atoms with E-state index in [1.165, 1.54) is 18.0 Å². The number of thioether (sulfide) groups is 1. The van der Waals surface area contributed by atoms with E-state index in [4.69, 9.17) is 5.11 Å². The van der Waals surface area contributed by atoms with Crippen LogP contribution in [-0.4, -0.2) is 33.8 Å². The number of anilines is 1. The number of hydrogen-bond donors (Lipinski definition) is 2. The number of hydrogen-bond acceptors (Lipinski definition) is 5. The minimum absolute atomic E-state index is 0. The molecule has 0 unspecified atom stereocenters. The number of rotatable bonds is 4. The van der Waals surface area contributed by atoms with Crippen molar-refractivity contribution in [2.75, 3.05) is 18.1 Å². The zero-order valence-electron chi connectivity index (χ0n) is 8.35. The number of aromatic carboxylic acids is 1. The largest absolute Gasteiger partial charge is 0.477 e. The van der Waals surface area contributed by atoms with Gasteiger partial charge < -0.3 is 10.4 Å². The quantitative estimate of drug-likeness (QED) is 0.606. The average Bonchev–Trinajstić information content (AvgIpc) is 2.17. The Morgan fingerprint density at radius 2 is 2.33 bits per heavy atom. The maximum atomic E-state index is 10.8. The van der Waals surface area contributed by atoms with Gasteiger partial charge in [0.25, 0.3) is 0 Å². The summed E-state index contributed by atoms with van der Waals surface area (Å²) < 4.78 is 0. The van der Waals surface area contributed by atoms with Crippen molar-refractivity contribution in [3.63, 3.8) is 0 Å². The monoisotopic (exact) mass is 233 g/mol. The first-order chi connectivity index (χ1) is 6.69. The summed E-state index contributed by atoms with van der Waals surface area (Å²) in [7, 11) is 0. The van der Waals surface area contributed by atoms with Crippen molar-refractivity contribution in [1.82, 2.24) is 9.97 Å². The van der Waals surface area contributed by atoms with Crippen LogP contribution in [0.15, 0.2) is 11.4 Å². The standard InChI is InChI=1S/C8H11N3O2S.FH/c1-3-9-6-5(7(12)13)4-10-8(11-6)14-2;/h4H,3H2,1-2H3,(H,12,13)(H,9,10,11);1H. The molecule has 7 heteroatoms. The number of nitrogens with one attached hydrogen (secondary N) is 1. The summed E-state index contributed by atoms with van der Waals surface area (Å²) in [5, 5.41) is 12.3. The van der Waals surface area contributed by atoms with E-state index < -0.39 is 5.97 Å². The van der Waals surface area contributed by atoms with Crippen LogP contribution in [0.25, 0.3) is 0 Å². The molecule has 0 spiro atoms. The normalized spacial score (nSPS) is 9.20. The van der Waals surface area contributed by atoms with Crippen molar-refractivity contribution in [3.8, 4) is 0 Å². The molecule has 15 heavy (non-hydrogen) atoms. The summed E-state index contributed by atoms with van der Waals surface area (Å²) in [6.07, 6.45) is 3.16. The van der Waals surface area contributed by atoms with E-state index in [2.05, 4.69) is 15.3 Å². The van der Waals surface area contributed by atoms with Crippen LogP contribution in [-0.2, 0) is 0 Å². The molecule has 0 radical (unpaired) electrons. The Morgan fingerprint density at radius 3 is 2.80 bits per heavy atom. The molecule has 0 saturated carbocycles. The van der Waals surface area contributed by atoms with Crippen LogP contribution in [0, 0.1) is 0 Å². The minimum Gasteiger partial charge on any atom is -0.477 e. The number of carbonyl (C=O) groups is 1. The Bertz CT molecular complexity index is 349.